The smallest absolute Gasteiger partial charge is 0.330 e. The predicted molar refractivity (Wildman–Crippen MR) is 83.4 cm³/mol. The number of benzene rings is 2. The second-order valence-corrected chi connectivity index (χ2v) is 5.26. The van der Waals surface area contributed by atoms with Crippen LogP contribution in [0.1, 0.15) is 17.2 Å². The third-order valence-electron chi connectivity index (χ3n) is 3.00. The Labute approximate surface area is 127 Å². The van der Waals surface area contributed by atoms with Crippen LogP contribution in [0.3, 0.4) is 0 Å². The number of hydrogen-bond donors (Lipinski definition) is 2. The van der Waals surface area contributed by atoms with Crippen LogP contribution < -0.4 is 5.32 Å². The van der Waals surface area contributed by atoms with Gasteiger partial charge in [0, 0.05) is 10.6 Å². The molecular weight excluding hydrogens is 284 g/mol. The maximum Gasteiger partial charge on any atom is 0.330 e. The Balaban J connectivity index is 2.26. The number of carboxylic acids is 1. The molecule has 1 unspecified atom stereocenters. The molecule has 1 atom stereocenters. The summed E-state index contributed by atoms with van der Waals surface area (Å²) in [5, 5.41) is 21.2. The largest absolute Gasteiger partial charge is 0.479 e. The van der Waals surface area contributed by atoms with Crippen molar-refractivity contribution < 1.29 is 9.90 Å². The molecule has 5 heteroatoms. The van der Waals surface area contributed by atoms with Crippen LogP contribution in [0.4, 0.5) is 5.69 Å². The highest BCUT2D eigenvalue weighted by Gasteiger charge is 2.19. The highest BCUT2D eigenvalue weighted by molar-refractivity contribution is 7.98. The van der Waals surface area contributed by atoms with Crippen molar-refractivity contribution in [3.8, 4) is 6.07 Å². The summed E-state index contributed by atoms with van der Waals surface area (Å²) in [4.78, 5) is 12.5. The number of hydrogen-bond acceptors (Lipinski definition) is 4. The summed E-state index contributed by atoms with van der Waals surface area (Å²) in [6.45, 7) is 0. The number of nitrogens with zero attached hydrogens (tertiary/aromatic N) is 1. The molecule has 0 radical (unpaired) electrons. The monoisotopic (exact) mass is 298 g/mol. The molecule has 0 bridgehead atoms. The summed E-state index contributed by atoms with van der Waals surface area (Å²) in [6.07, 6.45) is 1.95. The lowest BCUT2D eigenvalue weighted by Gasteiger charge is -2.17. The van der Waals surface area contributed by atoms with Crippen molar-refractivity contribution in [2.24, 2.45) is 0 Å². The van der Waals surface area contributed by atoms with E-state index in [1.165, 1.54) is 0 Å². The molecule has 21 heavy (non-hydrogen) atoms. The Kier molecular flexibility index (Phi) is 4.85. The van der Waals surface area contributed by atoms with Gasteiger partial charge in [0.05, 0.1) is 11.6 Å². The van der Waals surface area contributed by atoms with Gasteiger partial charge in [-0.3, -0.25) is 0 Å². The fraction of sp³-hybridized carbons (Fsp3) is 0.125. The maximum absolute atomic E-state index is 11.5. The number of rotatable bonds is 5. The summed E-state index contributed by atoms with van der Waals surface area (Å²) in [6, 6.07) is 15.3. The van der Waals surface area contributed by atoms with E-state index in [4.69, 9.17) is 5.26 Å². The van der Waals surface area contributed by atoms with Gasteiger partial charge in [0.25, 0.3) is 0 Å². The van der Waals surface area contributed by atoms with Crippen LogP contribution in [0.15, 0.2) is 53.4 Å². The number of nitrogens with one attached hydrogen (secondary N) is 1. The molecule has 106 valence electrons. The van der Waals surface area contributed by atoms with E-state index in [0.717, 1.165) is 4.90 Å². The quantitative estimate of drug-likeness (QED) is 0.826. The van der Waals surface area contributed by atoms with Crippen LogP contribution in [0.2, 0.25) is 0 Å². The molecule has 4 nitrogen and oxygen atoms in total. The van der Waals surface area contributed by atoms with Crippen molar-refractivity contribution in [3.05, 3.63) is 59.7 Å². The standard InChI is InChI=1S/C16H14N2O2S/c1-21-14-4-2-3-12(9-14)15(16(19)20)18-13-7-5-11(10-17)6-8-13/h2-9,15,18H,1H3,(H,19,20). The Morgan fingerprint density at radius 1 is 1.29 bits per heavy atom. The molecule has 0 amide bonds. The number of aliphatic carboxylic acids is 1. The molecule has 0 spiro atoms. The SMILES string of the molecule is CSc1cccc(C(Nc2ccc(C#N)cc2)C(=O)O)c1. The van der Waals surface area contributed by atoms with Crippen molar-refractivity contribution >= 4 is 23.4 Å². The van der Waals surface area contributed by atoms with Crippen LogP contribution in [0.5, 0.6) is 0 Å². The van der Waals surface area contributed by atoms with Crippen LogP contribution in [-0.4, -0.2) is 17.3 Å². The van der Waals surface area contributed by atoms with Gasteiger partial charge >= 0.3 is 5.97 Å². The summed E-state index contributed by atoms with van der Waals surface area (Å²) in [7, 11) is 0. The summed E-state index contributed by atoms with van der Waals surface area (Å²) < 4.78 is 0. The lowest BCUT2D eigenvalue weighted by atomic mass is 10.1. The van der Waals surface area contributed by atoms with Crippen LogP contribution in [0.25, 0.3) is 0 Å². The van der Waals surface area contributed by atoms with E-state index < -0.39 is 12.0 Å². The average molecular weight is 298 g/mol. The Bertz CT molecular complexity index is 677. The fourth-order valence-corrected chi connectivity index (χ4v) is 2.38. The first-order valence-electron chi connectivity index (χ1n) is 6.27. The fourth-order valence-electron chi connectivity index (χ4n) is 1.92. The topological polar surface area (TPSA) is 73.1 Å². The molecule has 2 aromatic carbocycles. The van der Waals surface area contributed by atoms with Crippen LogP contribution in [-0.2, 0) is 4.79 Å². The van der Waals surface area contributed by atoms with Crippen molar-refractivity contribution in [1.82, 2.24) is 0 Å². The molecule has 0 aromatic heterocycles. The molecule has 0 saturated carbocycles. The highest BCUT2D eigenvalue weighted by atomic mass is 32.2. The molecule has 0 heterocycles. The van der Waals surface area contributed by atoms with E-state index in [0.29, 0.717) is 16.8 Å². The highest BCUT2D eigenvalue weighted by Crippen LogP contribution is 2.24. The number of nitriles is 1. The molecule has 2 N–H and O–H groups in total. The first kappa shape index (κ1) is 14.9. The second kappa shape index (κ2) is 6.82. The summed E-state index contributed by atoms with van der Waals surface area (Å²) >= 11 is 1.57. The van der Waals surface area contributed by atoms with Crippen LogP contribution >= 0.6 is 11.8 Å². The van der Waals surface area contributed by atoms with Crippen molar-refractivity contribution in [2.75, 3.05) is 11.6 Å². The number of anilines is 1. The summed E-state index contributed by atoms with van der Waals surface area (Å²) in [5.74, 6) is -0.947. The third-order valence-corrected chi connectivity index (χ3v) is 3.72. The van der Waals surface area contributed by atoms with E-state index in [9.17, 15) is 9.90 Å². The first-order chi connectivity index (χ1) is 10.1. The minimum absolute atomic E-state index is 0.539. The Morgan fingerprint density at radius 3 is 2.57 bits per heavy atom. The lowest BCUT2D eigenvalue weighted by Crippen LogP contribution is -2.20. The van der Waals surface area contributed by atoms with Crippen molar-refractivity contribution in [1.29, 1.82) is 5.26 Å². The van der Waals surface area contributed by atoms with Gasteiger partial charge in [-0.2, -0.15) is 5.26 Å². The molecule has 0 aliphatic carbocycles. The first-order valence-corrected chi connectivity index (χ1v) is 7.50. The number of carbonyl (C=O) groups is 1. The van der Waals surface area contributed by atoms with Gasteiger partial charge in [0.1, 0.15) is 0 Å². The predicted octanol–water partition coefficient (Wildman–Crippen LogP) is 3.52. The van der Waals surface area contributed by atoms with Gasteiger partial charge in [-0.25, -0.2) is 4.79 Å². The van der Waals surface area contributed by atoms with E-state index >= 15 is 0 Å². The summed E-state index contributed by atoms with van der Waals surface area (Å²) in [5.41, 5.74) is 1.89. The van der Waals surface area contributed by atoms with Gasteiger partial charge in [-0.05, 0) is 48.2 Å². The van der Waals surface area contributed by atoms with E-state index in [-0.39, 0.29) is 0 Å². The molecule has 0 aliphatic heterocycles. The van der Waals surface area contributed by atoms with Gasteiger partial charge in [0.15, 0.2) is 6.04 Å². The Hall–Kier alpha value is -2.45. The minimum atomic E-state index is -0.947. The molecule has 0 saturated heterocycles. The average Bonchev–Trinajstić information content (AvgIpc) is 2.53. The van der Waals surface area contributed by atoms with Gasteiger partial charge in [-0.15, -0.1) is 11.8 Å². The van der Waals surface area contributed by atoms with Crippen molar-refractivity contribution in [3.63, 3.8) is 0 Å². The van der Waals surface area contributed by atoms with Crippen molar-refractivity contribution in [2.45, 2.75) is 10.9 Å². The van der Waals surface area contributed by atoms with E-state index in [2.05, 4.69) is 5.32 Å². The minimum Gasteiger partial charge on any atom is -0.479 e. The van der Waals surface area contributed by atoms with Gasteiger partial charge in [-0.1, -0.05) is 12.1 Å². The molecule has 2 aromatic rings. The zero-order chi connectivity index (χ0) is 15.2. The second-order valence-electron chi connectivity index (χ2n) is 4.38. The third kappa shape index (κ3) is 3.77. The lowest BCUT2D eigenvalue weighted by molar-refractivity contribution is -0.138. The molecule has 0 fully saturated rings. The zero-order valence-electron chi connectivity index (χ0n) is 11.4. The van der Waals surface area contributed by atoms with Gasteiger partial charge in [0.2, 0.25) is 0 Å². The van der Waals surface area contributed by atoms with E-state index in [1.54, 1.807) is 42.1 Å². The normalized spacial score (nSPS) is 11.4. The molecule has 2 rings (SSSR count). The number of carboxylic acid groups (broad SMARTS) is 1. The van der Waals surface area contributed by atoms with E-state index in [1.807, 2.05) is 30.5 Å². The molecule has 0 aliphatic rings. The van der Waals surface area contributed by atoms with Gasteiger partial charge < -0.3 is 10.4 Å². The molecular formula is C16H14N2O2S. The zero-order valence-corrected chi connectivity index (χ0v) is 12.2. The Morgan fingerprint density at radius 2 is 2.00 bits per heavy atom. The van der Waals surface area contributed by atoms with Crippen LogP contribution in [0, 0.1) is 11.3 Å². The maximum atomic E-state index is 11.5. The number of thioether (sulfide) groups is 1.